The Morgan fingerprint density at radius 2 is 1.87 bits per heavy atom. The van der Waals surface area contributed by atoms with Gasteiger partial charge in [0.05, 0.1) is 6.61 Å². The normalized spacial score (nSPS) is 10.7. The highest BCUT2D eigenvalue weighted by atomic mass is 16.6. The van der Waals surface area contributed by atoms with E-state index in [9.17, 15) is 9.59 Å². The van der Waals surface area contributed by atoms with Crippen LogP contribution in [0.1, 0.15) is 34.1 Å². The van der Waals surface area contributed by atoms with Gasteiger partial charge >= 0.3 is 12.1 Å². The molecule has 0 rings (SSSR count). The first kappa shape index (κ1) is 13.7. The molecular formula is C10H19NO4. The van der Waals surface area contributed by atoms with Crippen molar-refractivity contribution in [3.63, 3.8) is 0 Å². The lowest BCUT2D eigenvalue weighted by atomic mass is 10.1. The van der Waals surface area contributed by atoms with E-state index < -0.39 is 17.7 Å². The maximum absolute atomic E-state index is 11.2. The van der Waals surface area contributed by atoms with E-state index >= 15 is 0 Å². The maximum Gasteiger partial charge on any atom is 0.408 e. The van der Waals surface area contributed by atoms with Gasteiger partial charge in [-0.15, -0.1) is 0 Å². The van der Waals surface area contributed by atoms with Crippen molar-refractivity contribution < 1.29 is 19.1 Å². The summed E-state index contributed by atoms with van der Waals surface area (Å²) in [6.07, 6.45) is 0.106. The minimum atomic E-state index is -0.602. The molecule has 1 N–H and O–H groups in total. The van der Waals surface area contributed by atoms with Gasteiger partial charge in [-0.2, -0.15) is 0 Å². The standard InChI is InChI=1S/C10H19NO4/c1-5-10(3,4)15-9(13)11-7-8(12)14-6-2/h5-7H2,1-4H3,(H,11,13). The summed E-state index contributed by atoms with van der Waals surface area (Å²) in [5, 5.41) is 2.32. The zero-order chi connectivity index (χ0) is 11.9. The number of rotatable bonds is 5. The van der Waals surface area contributed by atoms with E-state index in [0.29, 0.717) is 13.0 Å². The molecule has 5 heteroatoms. The number of carbonyl (C=O) groups is 2. The smallest absolute Gasteiger partial charge is 0.408 e. The Kier molecular flexibility index (Phi) is 5.74. The van der Waals surface area contributed by atoms with Crippen molar-refractivity contribution in [1.29, 1.82) is 0 Å². The number of hydrogen-bond acceptors (Lipinski definition) is 4. The molecule has 5 nitrogen and oxygen atoms in total. The van der Waals surface area contributed by atoms with Crippen molar-refractivity contribution in [2.45, 2.75) is 39.7 Å². The third-order valence-electron chi connectivity index (χ3n) is 1.90. The number of alkyl carbamates (subject to hydrolysis) is 1. The Hall–Kier alpha value is -1.26. The molecule has 15 heavy (non-hydrogen) atoms. The van der Waals surface area contributed by atoms with Crippen LogP contribution in [0.15, 0.2) is 0 Å². The lowest BCUT2D eigenvalue weighted by molar-refractivity contribution is -0.142. The van der Waals surface area contributed by atoms with Crippen LogP contribution >= 0.6 is 0 Å². The molecule has 1 amide bonds. The average Bonchev–Trinajstić information content (AvgIpc) is 2.15. The van der Waals surface area contributed by atoms with Crippen LogP contribution < -0.4 is 5.32 Å². The van der Waals surface area contributed by atoms with Crippen LogP contribution in [0, 0.1) is 0 Å². The third kappa shape index (κ3) is 6.76. The number of amides is 1. The zero-order valence-electron chi connectivity index (χ0n) is 9.75. The van der Waals surface area contributed by atoms with Gasteiger partial charge in [0.2, 0.25) is 0 Å². The molecule has 0 spiro atoms. The molecule has 0 aromatic rings. The fraction of sp³-hybridized carbons (Fsp3) is 0.800. The summed E-state index contributed by atoms with van der Waals surface area (Å²) in [4.78, 5) is 22.1. The summed E-state index contributed by atoms with van der Waals surface area (Å²) >= 11 is 0. The van der Waals surface area contributed by atoms with Crippen molar-refractivity contribution in [3.05, 3.63) is 0 Å². The van der Waals surface area contributed by atoms with Crippen LogP contribution in [0.25, 0.3) is 0 Å². The summed E-state index contributed by atoms with van der Waals surface area (Å²) in [5.41, 5.74) is -0.515. The summed E-state index contributed by atoms with van der Waals surface area (Å²) in [6.45, 7) is 7.37. The summed E-state index contributed by atoms with van der Waals surface area (Å²) in [5.74, 6) is -0.469. The van der Waals surface area contributed by atoms with Gasteiger partial charge in [-0.05, 0) is 27.2 Å². The average molecular weight is 217 g/mol. The number of esters is 1. The van der Waals surface area contributed by atoms with E-state index in [1.54, 1.807) is 20.8 Å². The first-order valence-electron chi connectivity index (χ1n) is 5.03. The number of carbonyl (C=O) groups excluding carboxylic acids is 2. The van der Waals surface area contributed by atoms with Crippen LogP contribution in [0.2, 0.25) is 0 Å². The van der Waals surface area contributed by atoms with Gasteiger partial charge in [-0.25, -0.2) is 4.79 Å². The minimum Gasteiger partial charge on any atom is -0.465 e. The zero-order valence-corrected chi connectivity index (χ0v) is 9.75. The summed E-state index contributed by atoms with van der Waals surface area (Å²) < 4.78 is 9.70. The molecule has 0 saturated carbocycles. The van der Waals surface area contributed by atoms with Gasteiger partial charge in [-0.1, -0.05) is 6.92 Å². The fourth-order valence-electron chi connectivity index (χ4n) is 0.716. The molecule has 0 radical (unpaired) electrons. The van der Waals surface area contributed by atoms with E-state index in [0.717, 1.165) is 0 Å². The van der Waals surface area contributed by atoms with Gasteiger partial charge < -0.3 is 14.8 Å². The highest BCUT2D eigenvalue weighted by Gasteiger charge is 2.20. The van der Waals surface area contributed by atoms with Crippen LogP contribution in [0.4, 0.5) is 4.79 Å². The highest BCUT2D eigenvalue weighted by Crippen LogP contribution is 2.12. The first-order chi connectivity index (χ1) is 6.91. The van der Waals surface area contributed by atoms with Crippen molar-refractivity contribution in [3.8, 4) is 0 Å². The van der Waals surface area contributed by atoms with E-state index in [1.807, 2.05) is 6.92 Å². The minimum absolute atomic E-state index is 0.160. The Morgan fingerprint density at radius 1 is 1.27 bits per heavy atom. The molecule has 0 fully saturated rings. The molecule has 0 aliphatic carbocycles. The predicted octanol–water partition coefficient (Wildman–Crippen LogP) is 1.46. The number of ether oxygens (including phenoxy) is 2. The number of hydrogen-bond donors (Lipinski definition) is 1. The molecule has 0 atom stereocenters. The van der Waals surface area contributed by atoms with Crippen LogP contribution in [0.5, 0.6) is 0 Å². The van der Waals surface area contributed by atoms with E-state index in [2.05, 4.69) is 10.1 Å². The second-order valence-corrected chi connectivity index (χ2v) is 3.66. The second kappa shape index (κ2) is 6.27. The summed E-state index contributed by atoms with van der Waals surface area (Å²) in [7, 11) is 0. The van der Waals surface area contributed by atoms with Gasteiger partial charge in [-0.3, -0.25) is 4.79 Å². The molecule has 0 saturated heterocycles. The van der Waals surface area contributed by atoms with Gasteiger partial charge in [0.25, 0.3) is 0 Å². The van der Waals surface area contributed by atoms with E-state index in [1.165, 1.54) is 0 Å². The maximum atomic E-state index is 11.2. The lowest BCUT2D eigenvalue weighted by Crippen LogP contribution is -2.37. The Morgan fingerprint density at radius 3 is 2.33 bits per heavy atom. The quantitative estimate of drug-likeness (QED) is 0.708. The fourth-order valence-corrected chi connectivity index (χ4v) is 0.716. The number of nitrogens with one attached hydrogen (secondary N) is 1. The molecule has 0 bridgehead atoms. The molecule has 0 unspecified atom stereocenters. The third-order valence-corrected chi connectivity index (χ3v) is 1.90. The van der Waals surface area contributed by atoms with Crippen molar-refractivity contribution in [2.75, 3.05) is 13.2 Å². The van der Waals surface area contributed by atoms with E-state index in [4.69, 9.17) is 4.74 Å². The Labute approximate surface area is 90.1 Å². The van der Waals surface area contributed by atoms with Crippen molar-refractivity contribution in [2.24, 2.45) is 0 Å². The largest absolute Gasteiger partial charge is 0.465 e. The Balaban J connectivity index is 3.80. The van der Waals surface area contributed by atoms with Crippen LogP contribution in [0.3, 0.4) is 0 Å². The van der Waals surface area contributed by atoms with Crippen LogP contribution in [-0.4, -0.2) is 30.8 Å². The first-order valence-corrected chi connectivity index (χ1v) is 5.03. The summed E-state index contributed by atoms with van der Waals surface area (Å²) in [6, 6.07) is 0. The molecule has 0 aliphatic rings. The molecule has 0 heterocycles. The lowest BCUT2D eigenvalue weighted by Gasteiger charge is -2.23. The van der Waals surface area contributed by atoms with Gasteiger partial charge in [0.1, 0.15) is 12.1 Å². The Bertz CT molecular complexity index is 225. The topological polar surface area (TPSA) is 64.6 Å². The molecule has 0 aliphatic heterocycles. The molecule has 0 aromatic carbocycles. The van der Waals surface area contributed by atoms with Gasteiger partial charge in [0, 0.05) is 0 Å². The molecular weight excluding hydrogens is 198 g/mol. The monoisotopic (exact) mass is 217 g/mol. The van der Waals surface area contributed by atoms with Crippen LogP contribution in [-0.2, 0) is 14.3 Å². The van der Waals surface area contributed by atoms with Crippen molar-refractivity contribution in [1.82, 2.24) is 5.32 Å². The second-order valence-electron chi connectivity index (χ2n) is 3.66. The highest BCUT2D eigenvalue weighted by molar-refractivity contribution is 5.77. The van der Waals surface area contributed by atoms with Gasteiger partial charge in [0.15, 0.2) is 0 Å². The molecule has 88 valence electrons. The molecule has 0 aromatic heterocycles. The SMILES string of the molecule is CCOC(=O)CNC(=O)OC(C)(C)CC. The predicted molar refractivity (Wildman–Crippen MR) is 55.5 cm³/mol. The van der Waals surface area contributed by atoms with Crippen molar-refractivity contribution >= 4 is 12.1 Å². The van der Waals surface area contributed by atoms with E-state index in [-0.39, 0.29) is 6.54 Å².